The van der Waals surface area contributed by atoms with Gasteiger partial charge in [0, 0.05) is 40.8 Å². The van der Waals surface area contributed by atoms with Gasteiger partial charge in [-0.1, -0.05) is 12.2 Å². The minimum atomic E-state index is 0.489. The van der Waals surface area contributed by atoms with E-state index in [0.717, 1.165) is 39.9 Å². The van der Waals surface area contributed by atoms with Crippen LogP contribution in [0.4, 0.5) is 11.5 Å². The maximum absolute atomic E-state index is 5.98. The van der Waals surface area contributed by atoms with Crippen LogP contribution in [0, 0.1) is 0 Å². The molecule has 0 unspecified atom stereocenters. The van der Waals surface area contributed by atoms with E-state index in [-0.39, 0.29) is 0 Å². The number of anilines is 2. The molecular weight excluding hydrogens is 402 g/mol. The highest BCUT2D eigenvalue weighted by Crippen LogP contribution is 2.35. The quantitative estimate of drug-likeness (QED) is 0.388. The molecule has 0 bridgehead atoms. The summed E-state index contributed by atoms with van der Waals surface area (Å²) >= 11 is 0. The number of aromatic nitrogens is 3. The van der Waals surface area contributed by atoms with Crippen molar-refractivity contribution in [2.75, 3.05) is 38.7 Å². The molecule has 2 N–H and O–H groups in total. The molecule has 2 aromatic heterocycles. The largest absolute Gasteiger partial charge is 0.493 e. The first-order chi connectivity index (χ1) is 15.8. The van der Waals surface area contributed by atoms with Crippen molar-refractivity contribution in [3.05, 3.63) is 61.1 Å². The lowest BCUT2D eigenvalue weighted by Crippen LogP contribution is -2.18. The van der Waals surface area contributed by atoms with Gasteiger partial charge in [-0.05, 0) is 56.3 Å². The second-order valence-electron chi connectivity index (χ2n) is 7.94. The van der Waals surface area contributed by atoms with Crippen molar-refractivity contribution >= 4 is 33.3 Å². The molecule has 0 atom stereocenters. The van der Waals surface area contributed by atoms with Crippen molar-refractivity contribution in [1.29, 1.82) is 0 Å². The number of likely N-dealkylation sites (tertiary alicyclic amines) is 1. The molecule has 0 saturated carbocycles. The molecule has 5 rings (SSSR count). The van der Waals surface area contributed by atoms with Gasteiger partial charge in [-0.25, -0.2) is 9.97 Å². The van der Waals surface area contributed by atoms with Gasteiger partial charge >= 0.3 is 0 Å². The zero-order valence-electron chi connectivity index (χ0n) is 18.2. The predicted octanol–water partition coefficient (Wildman–Crippen LogP) is 4.89. The van der Waals surface area contributed by atoms with Crippen LogP contribution in [-0.4, -0.2) is 53.2 Å². The summed E-state index contributed by atoms with van der Waals surface area (Å²) in [6.45, 7) is 3.86. The number of ether oxygens (including phenoxy) is 2. The van der Waals surface area contributed by atoms with Gasteiger partial charge in [0.15, 0.2) is 11.5 Å². The number of hydrogen-bond donors (Lipinski definition) is 2. The number of rotatable bonds is 8. The summed E-state index contributed by atoms with van der Waals surface area (Å²) in [4.78, 5) is 14.6. The summed E-state index contributed by atoms with van der Waals surface area (Å²) in [6, 6.07) is 12.0. The first-order valence-corrected chi connectivity index (χ1v) is 11.0. The Morgan fingerprint density at radius 3 is 2.84 bits per heavy atom. The SMILES string of the molecule is COc1cc2c(Nc3ccc4[nH]ccc4c3)ncnc2cc1OC/C=C/CN1CCCC1. The number of benzene rings is 2. The minimum Gasteiger partial charge on any atom is -0.493 e. The van der Waals surface area contributed by atoms with Crippen LogP contribution >= 0.6 is 0 Å². The Balaban J connectivity index is 1.33. The summed E-state index contributed by atoms with van der Waals surface area (Å²) in [7, 11) is 1.65. The fourth-order valence-electron chi connectivity index (χ4n) is 4.10. The number of hydrogen-bond acceptors (Lipinski definition) is 6. The highest BCUT2D eigenvalue weighted by Gasteiger charge is 2.12. The molecule has 3 heterocycles. The number of nitrogens with zero attached hydrogens (tertiary/aromatic N) is 3. The van der Waals surface area contributed by atoms with E-state index in [1.54, 1.807) is 13.4 Å². The zero-order valence-corrected chi connectivity index (χ0v) is 18.2. The van der Waals surface area contributed by atoms with E-state index >= 15 is 0 Å². The van der Waals surface area contributed by atoms with Crippen molar-refractivity contribution in [1.82, 2.24) is 19.9 Å². The molecule has 0 aliphatic carbocycles. The van der Waals surface area contributed by atoms with E-state index in [0.29, 0.717) is 18.1 Å². The molecule has 1 aliphatic heterocycles. The summed E-state index contributed by atoms with van der Waals surface area (Å²) in [5, 5.41) is 5.42. The molecule has 1 saturated heterocycles. The fourth-order valence-corrected chi connectivity index (χ4v) is 4.10. The lowest BCUT2D eigenvalue weighted by atomic mass is 10.2. The Labute approximate surface area is 187 Å². The van der Waals surface area contributed by atoms with Crippen molar-refractivity contribution in [3.8, 4) is 11.5 Å². The second kappa shape index (κ2) is 9.28. The Bertz CT molecular complexity index is 1240. The normalized spacial score (nSPS) is 14.5. The number of H-pyrrole nitrogens is 1. The van der Waals surface area contributed by atoms with Gasteiger partial charge in [-0.2, -0.15) is 0 Å². The molecular formula is C25H27N5O2. The topological polar surface area (TPSA) is 75.3 Å². The van der Waals surface area contributed by atoms with Gasteiger partial charge in [0.2, 0.25) is 0 Å². The van der Waals surface area contributed by atoms with Crippen LogP contribution in [0.25, 0.3) is 21.8 Å². The van der Waals surface area contributed by atoms with Crippen LogP contribution in [0.1, 0.15) is 12.8 Å². The average molecular weight is 430 g/mol. The molecule has 2 aromatic carbocycles. The number of methoxy groups -OCH3 is 1. The first-order valence-electron chi connectivity index (χ1n) is 11.0. The van der Waals surface area contributed by atoms with Gasteiger partial charge in [0.1, 0.15) is 18.8 Å². The maximum Gasteiger partial charge on any atom is 0.163 e. The number of nitrogens with one attached hydrogen (secondary N) is 2. The van der Waals surface area contributed by atoms with Crippen molar-refractivity contribution in [2.45, 2.75) is 12.8 Å². The molecule has 32 heavy (non-hydrogen) atoms. The summed E-state index contributed by atoms with van der Waals surface area (Å²) in [5.74, 6) is 2.05. The summed E-state index contributed by atoms with van der Waals surface area (Å²) in [5.41, 5.74) is 2.85. The molecule has 7 nitrogen and oxygen atoms in total. The average Bonchev–Trinajstić information content (AvgIpc) is 3.50. The molecule has 0 amide bonds. The number of fused-ring (bicyclic) bond motifs is 2. The predicted molar refractivity (Wildman–Crippen MR) is 128 cm³/mol. The van der Waals surface area contributed by atoms with E-state index in [1.165, 1.54) is 25.9 Å². The van der Waals surface area contributed by atoms with E-state index in [1.807, 2.05) is 36.5 Å². The van der Waals surface area contributed by atoms with Crippen LogP contribution in [-0.2, 0) is 0 Å². The van der Waals surface area contributed by atoms with E-state index in [4.69, 9.17) is 9.47 Å². The Morgan fingerprint density at radius 1 is 1.06 bits per heavy atom. The monoisotopic (exact) mass is 429 g/mol. The molecule has 164 valence electrons. The molecule has 0 spiro atoms. The first kappa shape index (κ1) is 20.3. The van der Waals surface area contributed by atoms with Gasteiger partial charge in [-0.15, -0.1) is 0 Å². The third kappa shape index (κ3) is 4.38. The van der Waals surface area contributed by atoms with Crippen LogP contribution in [0.3, 0.4) is 0 Å². The zero-order chi connectivity index (χ0) is 21.8. The third-order valence-corrected chi connectivity index (χ3v) is 5.80. The van der Waals surface area contributed by atoms with Gasteiger partial charge < -0.3 is 19.8 Å². The van der Waals surface area contributed by atoms with E-state index < -0.39 is 0 Å². The smallest absolute Gasteiger partial charge is 0.163 e. The second-order valence-corrected chi connectivity index (χ2v) is 7.94. The highest BCUT2D eigenvalue weighted by molar-refractivity contribution is 5.94. The third-order valence-electron chi connectivity index (χ3n) is 5.80. The Kier molecular flexibility index (Phi) is 5.89. The standard InChI is InChI=1S/C25H27N5O2/c1-31-23-15-20-22(16-24(23)32-13-5-4-12-30-10-2-3-11-30)27-17-28-25(20)29-19-6-7-21-18(14-19)8-9-26-21/h4-9,14-17,26H,2-3,10-13H2,1H3,(H,27,28,29)/b5-4+. The molecule has 1 fully saturated rings. The van der Waals surface area contributed by atoms with Crippen LogP contribution in [0.5, 0.6) is 11.5 Å². The van der Waals surface area contributed by atoms with Crippen LogP contribution < -0.4 is 14.8 Å². The van der Waals surface area contributed by atoms with E-state index in [9.17, 15) is 0 Å². The summed E-state index contributed by atoms with van der Waals surface area (Å²) < 4.78 is 11.6. The fraction of sp³-hybridized carbons (Fsp3) is 0.280. The lowest BCUT2D eigenvalue weighted by molar-refractivity contribution is 0.325. The van der Waals surface area contributed by atoms with Gasteiger partial charge in [-0.3, -0.25) is 4.90 Å². The van der Waals surface area contributed by atoms with Gasteiger partial charge in [0.05, 0.1) is 12.6 Å². The Hall–Kier alpha value is -3.58. The molecule has 0 radical (unpaired) electrons. The minimum absolute atomic E-state index is 0.489. The summed E-state index contributed by atoms with van der Waals surface area (Å²) in [6.07, 6.45) is 10.3. The van der Waals surface area contributed by atoms with Crippen molar-refractivity contribution < 1.29 is 9.47 Å². The van der Waals surface area contributed by atoms with Crippen molar-refractivity contribution in [3.63, 3.8) is 0 Å². The molecule has 4 aromatic rings. The molecule has 1 aliphatic rings. The number of aromatic amines is 1. The van der Waals surface area contributed by atoms with Crippen LogP contribution in [0.2, 0.25) is 0 Å². The Morgan fingerprint density at radius 2 is 1.97 bits per heavy atom. The lowest BCUT2D eigenvalue weighted by Gasteiger charge is -2.13. The molecule has 7 heteroatoms. The highest BCUT2D eigenvalue weighted by atomic mass is 16.5. The van der Waals surface area contributed by atoms with Crippen molar-refractivity contribution in [2.24, 2.45) is 0 Å². The maximum atomic E-state index is 5.98. The van der Waals surface area contributed by atoms with Gasteiger partial charge in [0.25, 0.3) is 0 Å². The van der Waals surface area contributed by atoms with E-state index in [2.05, 4.69) is 43.4 Å². The van der Waals surface area contributed by atoms with Crippen LogP contribution in [0.15, 0.2) is 61.1 Å².